The predicted molar refractivity (Wildman–Crippen MR) is 83.5 cm³/mol. The number of nitrogens with one attached hydrogen (secondary N) is 2. The van der Waals surface area contributed by atoms with E-state index in [0.29, 0.717) is 17.9 Å². The van der Waals surface area contributed by atoms with Crippen LogP contribution >= 0.6 is 0 Å². The summed E-state index contributed by atoms with van der Waals surface area (Å²) in [5.74, 6) is 0.0913. The largest absolute Gasteiger partial charge is 0.504 e. The van der Waals surface area contributed by atoms with Crippen LogP contribution < -0.4 is 15.8 Å². The van der Waals surface area contributed by atoms with Crippen molar-refractivity contribution >= 4 is 17.9 Å². The van der Waals surface area contributed by atoms with Gasteiger partial charge in [0.05, 0.1) is 7.11 Å². The molecule has 1 atom stereocenters. The minimum Gasteiger partial charge on any atom is -0.504 e. The van der Waals surface area contributed by atoms with Gasteiger partial charge in [-0.05, 0) is 36.6 Å². The van der Waals surface area contributed by atoms with E-state index < -0.39 is 0 Å². The molecular formula is C15H20N4O3. The van der Waals surface area contributed by atoms with Gasteiger partial charge in [-0.15, -0.1) is 0 Å². The maximum atomic E-state index is 11.9. The highest BCUT2D eigenvalue weighted by Gasteiger charge is 2.26. The van der Waals surface area contributed by atoms with Gasteiger partial charge < -0.3 is 25.8 Å². The van der Waals surface area contributed by atoms with Crippen LogP contribution in [0.5, 0.6) is 11.5 Å². The summed E-state index contributed by atoms with van der Waals surface area (Å²) < 4.78 is 4.96. The lowest BCUT2D eigenvalue weighted by molar-refractivity contribution is -0.117. The standard InChI is InChI=1S/C15H20N4O3/c1-22-12-6-4-10(9-11(12)20)5-7-14(21)18-13-3-2-8-19(13)15(16)17/h4-7,9,13,20H,2-3,8H2,1H3,(H3,16,17)(H,18,21)/b7-5-/t13-/m1/s1. The number of hydrogen-bond donors (Lipinski definition) is 4. The van der Waals surface area contributed by atoms with Crippen LogP contribution in [-0.4, -0.2) is 41.7 Å². The van der Waals surface area contributed by atoms with Crippen LogP contribution in [-0.2, 0) is 4.79 Å². The number of hydrogen-bond acceptors (Lipinski definition) is 4. The molecule has 7 heteroatoms. The van der Waals surface area contributed by atoms with Crippen LogP contribution in [0.3, 0.4) is 0 Å². The number of phenolic OH excluding ortho intramolecular Hbond substituents is 1. The molecule has 1 amide bonds. The van der Waals surface area contributed by atoms with Crippen molar-refractivity contribution in [2.24, 2.45) is 5.73 Å². The molecule has 2 rings (SSSR count). The van der Waals surface area contributed by atoms with Gasteiger partial charge in [0.2, 0.25) is 5.91 Å². The second-order valence-corrected chi connectivity index (χ2v) is 5.01. The van der Waals surface area contributed by atoms with Gasteiger partial charge in [0, 0.05) is 12.6 Å². The summed E-state index contributed by atoms with van der Waals surface area (Å²) in [6.07, 6.45) is 4.40. The normalized spacial score (nSPS) is 17.7. The van der Waals surface area contributed by atoms with Crippen LogP contribution in [0.4, 0.5) is 0 Å². The van der Waals surface area contributed by atoms with E-state index in [1.165, 1.54) is 19.3 Å². The molecule has 7 nitrogen and oxygen atoms in total. The molecule has 22 heavy (non-hydrogen) atoms. The maximum Gasteiger partial charge on any atom is 0.245 e. The molecule has 5 N–H and O–H groups in total. The van der Waals surface area contributed by atoms with Gasteiger partial charge >= 0.3 is 0 Å². The molecule has 0 bridgehead atoms. The number of phenols is 1. The Labute approximate surface area is 128 Å². The van der Waals surface area contributed by atoms with E-state index in [2.05, 4.69) is 5.32 Å². The Morgan fingerprint density at radius 2 is 2.36 bits per heavy atom. The highest BCUT2D eigenvalue weighted by atomic mass is 16.5. The summed E-state index contributed by atoms with van der Waals surface area (Å²) in [6, 6.07) is 4.88. The molecule has 1 heterocycles. The quantitative estimate of drug-likeness (QED) is 0.374. The molecule has 1 aliphatic heterocycles. The minimum absolute atomic E-state index is 0.0172. The van der Waals surface area contributed by atoms with Crippen molar-refractivity contribution < 1.29 is 14.6 Å². The monoisotopic (exact) mass is 304 g/mol. The molecule has 1 fully saturated rings. The van der Waals surface area contributed by atoms with Crippen LogP contribution in [0, 0.1) is 5.41 Å². The third-order valence-electron chi connectivity index (χ3n) is 3.50. The SMILES string of the molecule is COc1ccc(/C=C\C(=O)N[C@H]2CCCN2C(=N)N)cc1O. The Balaban J connectivity index is 1.96. The average molecular weight is 304 g/mol. The first-order valence-corrected chi connectivity index (χ1v) is 6.97. The topological polar surface area (TPSA) is 112 Å². The van der Waals surface area contributed by atoms with E-state index in [4.69, 9.17) is 15.9 Å². The van der Waals surface area contributed by atoms with Gasteiger partial charge in [-0.25, -0.2) is 0 Å². The number of methoxy groups -OCH3 is 1. The molecule has 1 saturated heterocycles. The Morgan fingerprint density at radius 3 is 3.00 bits per heavy atom. The summed E-state index contributed by atoms with van der Waals surface area (Å²) in [4.78, 5) is 13.6. The number of likely N-dealkylation sites (tertiary alicyclic amines) is 1. The smallest absolute Gasteiger partial charge is 0.245 e. The Kier molecular flexibility index (Phi) is 4.88. The van der Waals surface area contributed by atoms with Crippen molar-refractivity contribution in [2.75, 3.05) is 13.7 Å². The highest BCUT2D eigenvalue weighted by molar-refractivity contribution is 5.92. The predicted octanol–water partition coefficient (Wildman–Crippen LogP) is 0.846. The lowest BCUT2D eigenvalue weighted by Gasteiger charge is -2.24. The number of carbonyl (C=O) groups excluding carboxylic acids is 1. The van der Waals surface area contributed by atoms with E-state index in [9.17, 15) is 9.90 Å². The molecule has 0 aliphatic carbocycles. The second kappa shape index (κ2) is 6.84. The molecule has 1 aromatic carbocycles. The number of nitrogens with two attached hydrogens (primary N) is 1. The third kappa shape index (κ3) is 3.69. The van der Waals surface area contributed by atoms with Crippen molar-refractivity contribution in [3.05, 3.63) is 29.8 Å². The number of guanidine groups is 1. The van der Waals surface area contributed by atoms with Gasteiger partial charge in [0.25, 0.3) is 0 Å². The van der Waals surface area contributed by atoms with Gasteiger partial charge in [0.15, 0.2) is 17.5 Å². The Morgan fingerprint density at radius 1 is 1.59 bits per heavy atom. The summed E-state index contributed by atoms with van der Waals surface area (Å²) >= 11 is 0. The van der Waals surface area contributed by atoms with E-state index >= 15 is 0 Å². The molecule has 0 unspecified atom stereocenters. The van der Waals surface area contributed by atoms with Gasteiger partial charge in [-0.2, -0.15) is 0 Å². The van der Waals surface area contributed by atoms with E-state index in [1.54, 1.807) is 23.1 Å². The number of rotatable bonds is 4. The highest BCUT2D eigenvalue weighted by Crippen LogP contribution is 2.26. The van der Waals surface area contributed by atoms with Gasteiger partial charge in [-0.1, -0.05) is 6.07 Å². The Bertz CT molecular complexity index is 600. The molecule has 1 aliphatic rings. The summed E-state index contributed by atoms with van der Waals surface area (Å²) in [6.45, 7) is 0.677. The van der Waals surface area contributed by atoms with Crippen LogP contribution in [0.25, 0.3) is 6.08 Å². The first kappa shape index (κ1) is 15.7. The molecule has 0 spiro atoms. The van der Waals surface area contributed by atoms with Crippen molar-refractivity contribution in [3.8, 4) is 11.5 Å². The minimum atomic E-state index is -0.270. The third-order valence-corrected chi connectivity index (χ3v) is 3.50. The summed E-state index contributed by atoms with van der Waals surface area (Å²) in [5, 5.41) is 19.9. The second-order valence-electron chi connectivity index (χ2n) is 5.01. The fraction of sp³-hybridized carbons (Fsp3) is 0.333. The van der Waals surface area contributed by atoms with Crippen LogP contribution in [0.1, 0.15) is 18.4 Å². The van der Waals surface area contributed by atoms with E-state index in [0.717, 1.165) is 12.8 Å². The maximum absolute atomic E-state index is 11.9. The molecule has 0 radical (unpaired) electrons. The fourth-order valence-electron chi connectivity index (χ4n) is 2.40. The number of amides is 1. The van der Waals surface area contributed by atoms with Gasteiger partial charge in [-0.3, -0.25) is 10.2 Å². The van der Waals surface area contributed by atoms with E-state index in [1.807, 2.05) is 0 Å². The van der Waals surface area contributed by atoms with Crippen LogP contribution in [0.15, 0.2) is 24.3 Å². The number of benzene rings is 1. The summed E-state index contributed by atoms with van der Waals surface area (Å²) in [5.41, 5.74) is 6.16. The van der Waals surface area contributed by atoms with Crippen molar-refractivity contribution in [1.82, 2.24) is 10.2 Å². The zero-order chi connectivity index (χ0) is 16.1. The zero-order valence-electron chi connectivity index (χ0n) is 12.4. The molecular weight excluding hydrogens is 284 g/mol. The number of aromatic hydroxyl groups is 1. The number of carbonyl (C=O) groups is 1. The average Bonchev–Trinajstić information content (AvgIpc) is 2.93. The van der Waals surface area contributed by atoms with E-state index in [-0.39, 0.29) is 23.8 Å². The molecule has 1 aromatic rings. The Hall–Kier alpha value is -2.70. The fourth-order valence-corrected chi connectivity index (χ4v) is 2.40. The van der Waals surface area contributed by atoms with Gasteiger partial charge in [0.1, 0.15) is 6.17 Å². The summed E-state index contributed by atoms with van der Waals surface area (Å²) in [7, 11) is 1.47. The van der Waals surface area contributed by atoms with Crippen molar-refractivity contribution in [3.63, 3.8) is 0 Å². The molecule has 0 aromatic heterocycles. The van der Waals surface area contributed by atoms with Crippen molar-refractivity contribution in [2.45, 2.75) is 19.0 Å². The number of ether oxygens (including phenoxy) is 1. The molecule has 118 valence electrons. The van der Waals surface area contributed by atoms with Crippen molar-refractivity contribution in [1.29, 1.82) is 5.41 Å². The first-order chi connectivity index (χ1) is 10.5. The number of nitrogens with zero attached hydrogens (tertiary/aromatic N) is 1. The lowest BCUT2D eigenvalue weighted by atomic mass is 10.2. The van der Waals surface area contributed by atoms with Crippen LogP contribution in [0.2, 0.25) is 0 Å². The lowest BCUT2D eigenvalue weighted by Crippen LogP contribution is -2.48. The molecule has 0 saturated carbocycles. The first-order valence-electron chi connectivity index (χ1n) is 6.97. The zero-order valence-corrected chi connectivity index (χ0v) is 12.4.